The number of rotatable bonds is 3. The molecule has 1 atom stereocenters. The second-order valence-electron chi connectivity index (χ2n) is 4.08. The monoisotopic (exact) mass is 356 g/mol. The minimum Gasteiger partial charge on any atom is -0.356 e. The van der Waals surface area contributed by atoms with Crippen molar-refractivity contribution in [3.63, 3.8) is 0 Å². The number of fused-ring (bicyclic) bond motifs is 1. The molecule has 1 aromatic carbocycles. The highest BCUT2D eigenvalue weighted by atomic mass is 79.9. The van der Waals surface area contributed by atoms with Gasteiger partial charge >= 0.3 is 0 Å². The normalized spacial score (nSPS) is 12.7. The first-order chi connectivity index (χ1) is 8.15. The van der Waals surface area contributed by atoms with Crippen LogP contribution in [0.3, 0.4) is 0 Å². The number of alkyl halides is 1. The lowest BCUT2D eigenvalue weighted by Crippen LogP contribution is -2.30. The van der Waals surface area contributed by atoms with E-state index in [1.54, 1.807) is 0 Å². The summed E-state index contributed by atoms with van der Waals surface area (Å²) in [6, 6.07) is 8.66. The smallest absolute Gasteiger partial charge is 0.136 e. The van der Waals surface area contributed by atoms with Crippen LogP contribution in [0.5, 0.6) is 0 Å². The first-order valence-electron chi connectivity index (χ1n) is 5.47. The van der Waals surface area contributed by atoms with Gasteiger partial charge in [-0.15, -0.1) is 0 Å². The third kappa shape index (κ3) is 2.47. The van der Waals surface area contributed by atoms with Crippen LogP contribution >= 0.6 is 31.9 Å². The topological polar surface area (TPSA) is 16.1 Å². The molecule has 0 amide bonds. The lowest BCUT2D eigenvalue weighted by molar-refractivity contribution is 0.761. The Kier molecular flexibility index (Phi) is 4.05. The number of aromatic nitrogens is 1. The fourth-order valence-corrected chi connectivity index (χ4v) is 2.68. The number of hydrogen-bond donors (Lipinski definition) is 0. The standard InChI is InChI=1S/C13H14Br2N2/c1-9(8-14)17(2)13-11-4-3-5-12(15)10(11)6-7-16-13/h3-7,9H,8H2,1-2H3. The molecule has 0 N–H and O–H groups in total. The van der Waals surface area contributed by atoms with Gasteiger partial charge in [0.1, 0.15) is 5.82 Å². The second kappa shape index (κ2) is 5.36. The van der Waals surface area contributed by atoms with E-state index in [0.717, 1.165) is 15.6 Å². The van der Waals surface area contributed by atoms with Gasteiger partial charge in [-0.3, -0.25) is 0 Å². The van der Waals surface area contributed by atoms with E-state index in [9.17, 15) is 0 Å². The van der Waals surface area contributed by atoms with Crippen molar-refractivity contribution in [1.29, 1.82) is 0 Å². The molecule has 2 aromatic rings. The van der Waals surface area contributed by atoms with Gasteiger partial charge in [0, 0.05) is 39.9 Å². The maximum Gasteiger partial charge on any atom is 0.136 e. The highest BCUT2D eigenvalue weighted by Gasteiger charge is 2.13. The van der Waals surface area contributed by atoms with Crippen LogP contribution in [-0.4, -0.2) is 23.4 Å². The number of pyridine rings is 1. The number of nitrogens with zero attached hydrogens (tertiary/aromatic N) is 2. The Bertz CT molecular complexity index is 528. The second-order valence-corrected chi connectivity index (χ2v) is 5.59. The third-order valence-corrected chi connectivity index (χ3v) is 4.58. The quantitative estimate of drug-likeness (QED) is 0.764. The zero-order valence-corrected chi connectivity index (χ0v) is 13.0. The van der Waals surface area contributed by atoms with E-state index in [4.69, 9.17) is 0 Å². The predicted molar refractivity (Wildman–Crippen MR) is 81.1 cm³/mol. The molecule has 0 saturated carbocycles. The molecule has 1 heterocycles. The van der Waals surface area contributed by atoms with E-state index in [0.29, 0.717) is 6.04 Å². The lowest BCUT2D eigenvalue weighted by Gasteiger charge is -2.25. The minimum absolute atomic E-state index is 0.409. The van der Waals surface area contributed by atoms with Gasteiger partial charge in [0.15, 0.2) is 0 Å². The molecule has 17 heavy (non-hydrogen) atoms. The SMILES string of the molecule is CC(CBr)N(C)c1nccc2c(Br)cccc12. The van der Waals surface area contributed by atoms with Crippen molar-refractivity contribution < 1.29 is 0 Å². The molecule has 1 aromatic heterocycles. The maximum atomic E-state index is 4.50. The first-order valence-corrected chi connectivity index (χ1v) is 7.38. The summed E-state index contributed by atoms with van der Waals surface area (Å²) < 4.78 is 1.11. The molecule has 0 aliphatic carbocycles. The van der Waals surface area contributed by atoms with Gasteiger partial charge in [0.2, 0.25) is 0 Å². The molecule has 0 spiro atoms. The van der Waals surface area contributed by atoms with Crippen molar-refractivity contribution in [2.75, 3.05) is 17.3 Å². The zero-order chi connectivity index (χ0) is 12.4. The molecule has 0 aliphatic rings. The summed E-state index contributed by atoms with van der Waals surface area (Å²) >= 11 is 7.09. The average molecular weight is 358 g/mol. The third-order valence-electron chi connectivity index (χ3n) is 2.95. The summed E-state index contributed by atoms with van der Waals surface area (Å²) in [7, 11) is 2.08. The van der Waals surface area contributed by atoms with Gasteiger partial charge in [-0.05, 0) is 19.1 Å². The summed E-state index contributed by atoms with van der Waals surface area (Å²) in [4.78, 5) is 6.70. The Morgan fingerprint density at radius 2 is 2.06 bits per heavy atom. The number of anilines is 1. The Morgan fingerprint density at radius 3 is 2.76 bits per heavy atom. The van der Waals surface area contributed by atoms with E-state index >= 15 is 0 Å². The molecule has 4 heteroatoms. The Labute approximate surface area is 118 Å². The van der Waals surface area contributed by atoms with Gasteiger partial charge in [-0.1, -0.05) is 44.0 Å². The minimum atomic E-state index is 0.409. The largest absolute Gasteiger partial charge is 0.356 e. The molecule has 0 aliphatic heterocycles. The predicted octanol–water partition coefficient (Wildman–Crippen LogP) is 4.22. The summed E-state index contributed by atoms with van der Waals surface area (Å²) in [6.45, 7) is 2.17. The van der Waals surface area contributed by atoms with Crippen molar-refractivity contribution in [2.45, 2.75) is 13.0 Å². The van der Waals surface area contributed by atoms with E-state index in [1.807, 2.05) is 18.3 Å². The molecule has 0 saturated heterocycles. The molecular weight excluding hydrogens is 344 g/mol. The van der Waals surface area contributed by atoms with E-state index < -0.39 is 0 Å². The van der Waals surface area contributed by atoms with Crippen LogP contribution in [0.4, 0.5) is 5.82 Å². The molecule has 0 radical (unpaired) electrons. The van der Waals surface area contributed by atoms with Crippen molar-refractivity contribution >= 4 is 48.5 Å². The highest BCUT2D eigenvalue weighted by Crippen LogP contribution is 2.29. The fourth-order valence-electron chi connectivity index (χ4n) is 1.75. The molecule has 2 nitrogen and oxygen atoms in total. The van der Waals surface area contributed by atoms with Crippen LogP contribution < -0.4 is 4.90 Å². The Balaban J connectivity index is 2.58. The molecule has 2 rings (SSSR count). The fraction of sp³-hybridized carbons (Fsp3) is 0.308. The number of benzene rings is 1. The summed E-state index contributed by atoms with van der Waals surface area (Å²) in [5.41, 5.74) is 0. The zero-order valence-electron chi connectivity index (χ0n) is 9.82. The molecule has 0 fully saturated rings. The molecular formula is C13H14Br2N2. The van der Waals surface area contributed by atoms with Crippen molar-refractivity contribution in [2.24, 2.45) is 0 Å². The van der Waals surface area contributed by atoms with Gasteiger partial charge in [0.25, 0.3) is 0 Å². The van der Waals surface area contributed by atoms with Gasteiger partial charge < -0.3 is 4.90 Å². The highest BCUT2D eigenvalue weighted by molar-refractivity contribution is 9.10. The van der Waals surface area contributed by atoms with Crippen LogP contribution in [0.25, 0.3) is 10.8 Å². The van der Waals surface area contributed by atoms with Crippen molar-refractivity contribution in [3.8, 4) is 0 Å². The maximum absolute atomic E-state index is 4.50. The van der Waals surface area contributed by atoms with Crippen LogP contribution in [-0.2, 0) is 0 Å². The Morgan fingerprint density at radius 1 is 1.29 bits per heavy atom. The number of halogens is 2. The van der Waals surface area contributed by atoms with Gasteiger partial charge in [-0.25, -0.2) is 4.98 Å². The van der Waals surface area contributed by atoms with Crippen LogP contribution in [0.2, 0.25) is 0 Å². The average Bonchev–Trinajstić information content (AvgIpc) is 2.37. The first kappa shape index (κ1) is 12.8. The van der Waals surface area contributed by atoms with Gasteiger partial charge in [0.05, 0.1) is 0 Å². The van der Waals surface area contributed by atoms with Crippen LogP contribution in [0, 0.1) is 0 Å². The summed E-state index contributed by atoms with van der Waals surface area (Å²) in [5.74, 6) is 1.02. The van der Waals surface area contributed by atoms with E-state index in [-0.39, 0.29) is 0 Å². The van der Waals surface area contributed by atoms with E-state index in [1.165, 1.54) is 10.8 Å². The summed E-state index contributed by atoms with van der Waals surface area (Å²) in [6.07, 6.45) is 1.86. The molecule has 1 unspecified atom stereocenters. The van der Waals surface area contributed by atoms with E-state index in [2.05, 4.69) is 67.8 Å². The summed E-state index contributed by atoms with van der Waals surface area (Å²) in [5, 5.41) is 3.30. The lowest BCUT2D eigenvalue weighted by atomic mass is 10.1. The van der Waals surface area contributed by atoms with Crippen molar-refractivity contribution in [3.05, 3.63) is 34.9 Å². The molecule has 90 valence electrons. The molecule has 0 bridgehead atoms. The number of hydrogen-bond acceptors (Lipinski definition) is 2. The van der Waals surface area contributed by atoms with Crippen LogP contribution in [0.1, 0.15) is 6.92 Å². The van der Waals surface area contributed by atoms with Crippen LogP contribution in [0.15, 0.2) is 34.9 Å². The van der Waals surface area contributed by atoms with Gasteiger partial charge in [-0.2, -0.15) is 0 Å². The Hall–Kier alpha value is -0.610. The van der Waals surface area contributed by atoms with Crippen molar-refractivity contribution in [1.82, 2.24) is 4.98 Å².